The van der Waals surface area contributed by atoms with Crippen molar-refractivity contribution in [2.75, 3.05) is 0 Å². The number of carbonyl (C=O) groups excluding carboxylic acids is 1. The summed E-state index contributed by atoms with van der Waals surface area (Å²) in [6.07, 6.45) is 8.60. The molecule has 0 aliphatic heterocycles. The number of hydrogen-bond donors (Lipinski definition) is 1. The summed E-state index contributed by atoms with van der Waals surface area (Å²) in [6.45, 7) is 0.595. The number of carbonyl (C=O) groups is 1. The van der Waals surface area contributed by atoms with Crippen LogP contribution >= 0.6 is 0 Å². The molecule has 2 saturated carbocycles. The van der Waals surface area contributed by atoms with Gasteiger partial charge < -0.3 is 10.5 Å². The second-order valence-corrected chi connectivity index (χ2v) is 4.78. The Kier molecular flexibility index (Phi) is 2.52. The predicted octanol–water partition coefficient (Wildman–Crippen LogP) is 1.74. The van der Waals surface area contributed by atoms with Gasteiger partial charge in [-0.2, -0.15) is 0 Å². The Labute approximate surface area is 85.0 Å². The van der Waals surface area contributed by atoms with Crippen molar-refractivity contribution < 1.29 is 9.53 Å². The zero-order valence-electron chi connectivity index (χ0n) is 8.63. The van der Waals surface area contributed by atoms with Gasteiger partial charge in [-0.1, -0.05) is 12.8 Å². The van der Waals surface area contributed by atoms with E-state index >= 15 is 0 Å². The van der Waals surface area contributed by atoms with Gasteiger partial charge in [0.05, 0.1) is 5.54 Å². The zero-order valence-corrected chi connectivity index (χ0v) is 8.63. The molecule has 2 aliphatic carbocycles. The molecular weight excluding hydrogens is 178 g/mol. The molecule has 3 nitrogen and oxygen atoms in total. The number of fused-ring (bicyclic) bond motifs is 1. The first kappa shape index (κ1) is 9.97. The third-order valence-electron chi connectivity index (χ3n) is 4.09. The smallest absolute Gasteiger partial charge is 0.293 e. The van der Waals surface area contributed by atoms with E-state index in [1.165, 1.54) is 12.8 Å². The lowest BCUT2D eigenvalue weighted by Gasteiger charge is -2.52. The van der Waals surface area contributed by atoms with Crippen molar-refractivity contribution in [3.05, 3.63) is 0 Å². The van der Waals surface area contributed by atoms with Crippen LogP contribution in [0, 0.1) is 0 Å². The molecule has 2 rings (SSSR count). The summed E-state index contributed by atoms with van der Waals surface area (Å²) in [6, 6.07) is 0. The maximum atomic E-state index is 10.6. The van der Waals surface area contributed by atoms with Crippen molar-refractivity contribution in [1.29, 1.82) is 0 Å². The summed E-state index contributed by atoms with van der Waals surface area (Å²) >= 11 is 0. The molecule has 0 spiro atoms. The van der Waals surface area contributed by atoms with Gasteiger partial charge in [0, 0.05) is 0 Å². The van der Waals surface area contributed by atoms with Gasteiger partial charge in [-0.3, -0.25) is 4.79 Å². The van der Waals surface area contributed by atoms with Crippen LogP contribution in [0.25, 0.3) is 0 Å². The van der Waals surface area contributed by atoms with Crippen molar-refractivity contribution in [2.24, 2.45) is 5.73 Å². The van der Waals surface area contributed by atoms with E-state index in [0.717, 1.165) is 38.5 Å². The van der Waals surface area contributed by atoms with Gasteiger partial charge in [0.25, 0.3) is 6.47 Å². The maximum absolute atomic E-state index is 10.6. The van der Waals surface area contributed by atoms with E-state index in [9.17, 15) is 4.79 Å². The highest BCUT2D eigenvalue weighted by Gasteiger charge is 2.53. The lowest BCUT2D eigenvalue weighted by atomic mass is 9.62. The Morgan fingerprint density at radius 1 is 1.00 bits per heavy atom. The maximum Gasteiger partial charge on any atom is 0.293 e. The van der Waals surface area contributed by atoms with Crippen LogP contribution in [0.3, 0.4) is 0 Å². The Morgan fingerprint density at radius 3 is 2.00 bits per heavy atom. The molecule has 0 amide bonds. The summed E-state index contributed by atoms with van der Waals surface area (Å²) in [5.74, 6) is 0. The van der Waals surface area contributed by atoms with Crippen LogP contribution in [0.2, 0.25) is 0 Å². The molecule has 2 aliphatic rings. The summed E-state index contributed by atoms with van der Waals surface area (Å²) in [4.78, 5) is 10.6. The van der Waals surface area contributed by atoms with Gasteiger partial charge in [-0.05, 0) is 38.5 Å². The molecule has 0 aromatic heterocycles. The molecule has 0 atom stereocenters. The van der Waals surface area contributed by atoms with E-state index < -0.39 is 0 Å². The summed E-state index contributed by atoms with van der Waals surface area (Å²) < 4.78 is 5.37. The minimum absolute atomic E-state index is 0.232. The molecule has 80 valence electrons. The lowest BCUT2D eigenvalue weighted by Crippen LogP contribution is -2.65. The molecule has 3 heteroatoms. The second-order valence-electron chi connectivity index (χ2n) is 4.78. The highest BCUT2D eigenvalue weighted by molar-refractivity contribution is 5.39. The minimum Gasteiger partial charge on any atom is -0.459 e. The van der Waals surface area contributed by atoms with E-state index in [0.29, 0.717) is 6.47 Å². The van der Waals surface area contributed by atoms with Crippen LogP contribution in [0.15, 0.2) is 0 Å². The average molecular weight is 197 g/mol. The van der Waals surface area contributed by atoms with Gasteiger partial charge in [0.2, 0.25) is 0 Å². The zero-order chi connectivity index (χ0) is 10.1. The van der Waals surface area contributed by atoms with Crippen LogP contribution < -0.4 is 5.73 Å². The van der Waals surface area contributed by atoms with E-state index in [1.54, 1.807) is 0 Å². The van der Waals surface area contributed by atoms with Crippen molar-refractivity contribution in [2.45, 2.75) is 62.5 Å². The van der Waals surface area contributed by atoms with Gasteiger partial charge in [-0.15, -0.1) is 0 Å². The first-order chi connectivity index (χ1) is 6.72. The van der Waals surface area contributed by atoms with Crippen LogP contribution in [-0.4, -0.2) is 17.6 Å². The van der Waals surface area contributed by atoms with Crippen molar-refractivity contribution in [1.82, 2.24) is 0 Å². The van der Waals surface area contributed by atoms with E-state index in [1.807, 2.05) is 0 Å². The number of rotatable bonds is 2. The largest absolute Gasteiger partial charge is 0.459 e. The topological polar surface area (TPSA) is 52.3 Å². The first-order valence-corrected chi connectivity index (χ1v) is 5.63. The first-order valence-electron chi connectivity index (χ1n) is 5.63. The van der Waals surface area contributed by atoms with E-state index in [2.05, 4.69) is 0 Å². The summed E-state index contributed by atoms with van der Waals surface area (Å²) in [7, 11) is 0. The molecule has 0 unspecified atom stereocenters. The summed E-state index contributed by atoms with van der Waals surface area (Å²) in [5, 5.41) is 0. The minimum atomic E-state index is -0.328. The average Bonchev–Trinajstić information content (AvgIpc) is 2.18. The fourth-order valence-corrected chi connectivity index (χ4v) is 3.23. The summed E-state index contributed by atoms with van der Waals surface area (Å²) in [5.41, 5.74) is 5.84. The Hall–Kier alpha value is -0.570. The standard InChI is InChI=1S/C11H19NO2/c12-10-5-1-3-7-11(10,14-9-13)8-4-2-6-10/h9H,1-8,12H2. The van der Waals surface area contributed by atoms with Crippen LogP contribution in [0.4, 0.5) is 0 Å². The van der Waals surface area contributed by atoms with Crippen LogP contribution in [-0.2, 0) is 9.53 Å². The number of hydrogen-bond acceptors (Lipinski definition) is 3. The molecule has 0 heterocycles. The van der Waals surface area contributed by atoms with Crippen LogP contribution in [0.1, 0.15) is 51.4 Å². The third-order valence-corrected chi connectivity index (χ3v) is 4.09. The second kappa shape index (κ2) is 3.54. The fourth-order valence-electron chi connectivity index (χ4n) is 3.23. The Balaban J connectivity index is 2.24. The molecule has 0 aromatic rings. The fraction of sp³-hybridized carbons (Fsp3) is 0.909. The molecule has 0 bridgehead atoms. The highest BCUT2D eigenvalue weighted by Crippen LogP contribution is 2.47. The van der Waals surface area contributed by atoms with E-state index in [4.69, 9.17) is 10.5 Å². The third kappa shape index (κ3) is 1.34. The molecule has 0 saturated heterocycles. The molecule has 2 fully saturated rings. The van der Waals surface area contributed by atoms with Crippen molar-refractivity contribution in [3.8, 4) is 0 Å². The highest BCUT2D eigenvalue weighted by atomic mass is 16.5. The molecule has 14 heavy (non-hydrogen) atoms. The van der Waals surface area contributed by atoms with Crippen molar-refractivity contribution in [3.63, 3.8) is 0 Å². The molecule has 0 aromatic carbocycles. The molecule has 2 N–H and O–H groups in total. The lowest BCUT2D eigenvalue weighted by molar-refractivity contribution is -0.164. The van der Waals surface area contributed by atoms with Gasteiger partial charge in [0.15, 0.2) is 0 Å². The quantitative estimate of drug-likeness (QED) is 0.686. The van der Waals surface area contributed by atoms with Gasteiger partial charge in [0.1, 0.15) is 5.60 Å². The number of ether oxygens (including phenoxy) is 1. The van der Waals surface area contributed by atoms with Gasteiger partial charge in [-0.25, -0.2) is 0 Å². The predicted molar refractivity (Wildman–Crippen MR) is 53.7 cm³/mol. The number of nitrogens with two attached hydrogens (primary N) is 1. The Morgan fingerprint density at radius 2 is 1.50 bits per heavy atom. The Bertz CT molecular complexity index is 215. The van der Waals surface area contributed by atoms with E-state index in [-0.39, 0.29) is 11.1 Å². The van der Waals surface area contributed by atoms with Crippen LogP contribution in [0.5, 0.6) is 0 Å². The van der Waals surface area contributed by atoms with Gasteiger partial charge >= 0.3 is 0 Å². The molecule has 0 radical (unpaired) electrons. The normalized spacial score (nSPS) is 42.6. The monoisotopic (exact) mass is 197 g/mol. The molecular formula is C11H19NO2. The van der Waals surface area contributed by atoms with Crippen molar-refractivity contribution >= 4 is 6.47 Å². The SMILES string of the molecule is NC12CCCCC1(OC=O)CCCC2.